The Hall–Kier alpha value is -2.73. The summed E-state index contributed by atoms with van der Waals surface area (Å²) >= 11 is 6.35. The molecular weight excluding hydrogens is 386 g/mol. The lowest BCUT2D eigenvalue weighted by atomic mass is 9.74. The van der Waals surface area contributed by atoms with Crippen LogP contribution in [-0.4, -0.2) is 25.7 Å². The van der Waals surface area contributed by atoms with Gasteiger partial charge in [-0.15, -0.1) is 0 Å². The second-order valence-electron chi connectivity index (χ2n) is 8.41. The highest BCUT2D eigenvalue weighted by molar-refractivity contribution is 6.31. The first kappa shape index (κ1) is 19.6. The Balaban J connectivity index is 1.61. The highest BCUT2D eigenvalue weighted by Crippen LogP contribution is 2.41. The number of carbonyl (C=O) groups is 1. The van der Waals surface area contributed by atoms with Crippen LogP contribution in [0.2, 0.25) is 5.02 Å². The van der Waals surface area contributed by atoms with E-state index in [1.165, 1.54) is 6.20 Å². The minimum absolute atomic E-state index is 0.0299. The van der Waals surface area contributed by atoms with Crippen molar-refractivity contribution in [1.29, 1.82) is 0 Å². The van der Waals surface area contributed by atoms with Gasteiger partial charge in [-0.25, -0.2) is 4.98 Å². The van der Waals surface area contributed by atoms with Crippen molar-refractivity contribution < 1.29 is 4.79 Å². The third-order valence-electron chi connectivity index (χ3n) is 5.36. The molecule has 0 bridgehead atoms. The van der Waals surface area contributed by atoms with Gasteiger partial charge >= 0.3 is 0 Å². The van der Waals surface area contributed by atoms with Crippen LogP contribution in [0.5, 0.6) is 0 Å². The Bertz CT molecular complexity index is 1040. The number of fused-ring (bicyclic) bond motifs is 1. The maximum atomic E-state index is 12.7. The molecule has 0 saturated carbocycles. The summed E-state index contributed by atoms with van der Waals surface area (Å²) < 4.78 is 2.00. The van der Waals surface area contributed by atoms with Crippen LogP contribution >= 0.6 is 11.6 Å². The molecule has 29 heavy (non-hydrogen) atoms. The van der Waals surface area contributed by atoms with Gasteiger partial charge in [0.2, 0.25) is 0 Å². The van der Waals surface area contributed by atoms with Crippen LogP contribution in [0.1, 0.15) is 59.3 Å². The van der Waals surface area contributed by atoms with E-state index >= 15 is 0 Å². The summed E-state index contributed by atoms with van der Waals surface area (Å²) in [6.07, 6.45) is 6.71. The molecule has 0 saturated heterocycles. The van der Waals surface area contributed by atoms with Gasteiger partial charge < -0.3 is 5.32 Å². The molecule has 0 spiro atoms. The molecule has 150 valence electrons. The maximum Gasteiger partial charge on any atom is 0.271 e. The molecule has 1 aliphatic rings. The van der Waals surface area contributed by atoms with Crippen LogP contribution in [-0.2, 0) is 13.0 Å². The fraction of sp³-hybridized carbons (Fsp3) is 0.364. The van der Waals surface area contributed by atoms with E-state index in [2.05, 4.69) is 34.2 Å². The van der Waals surface area contributed by atoms with E-state index in [-0.39, 0.29) is 17.4 Å². The van der Waals surface area contributed by atoms with Crippen LogP contribution in [0.4, 0.5) is 0 Å². The van der Waals surface area contributed by atoms with E-state index in [1.54, 1.807) is 6.20 Å². The van der Waals surface area contributed by atoms with Crippen molar-refractivity contribution in [3.8, 4) is 0 Å². The Labute approximate surface area is 175 Å². The topological polar surface area (TPSA) is 72.7 Å². The largest absolute Gasteiger partial charge is 0.344 e. The van der Waals surface area contributed by atoms with Gasteiger partial charge in [0, 0.05) is 22.5 Å². The summed E-state index contributed by atoms with van der Waals surface area (Å²) in [7, 11) is 0. The molecule has 0 radical (unpaired) electrons. The van der Waals surface area contributed by atoms with Gasteiger partial charge in [-0.05, 0) is 36.8 Å². The second kappa shape index (κ2) is 7.59. The number of amides is 1. The molecule has 1 aliphatic carbocycles. The van der Waals surface area contributed by atoms with Gasteiger partial charge in [0.05, 0.1) is 30.7 Å². The molecule has 0 unspecified atom stereocenters. The Morgan fingerprint density at radius 3 is 2.76 bits per heavy atom. The van der Waals surface area contributed by atoms with Crippen molar-refractivity contribution >= 4 is 17.5 Å². The molecule has 1 N–H and O–H groups in total. The normalized spacial score (nSPS) is 17.6. The number of nitrogens with zero attached hydrogens (tertiary/aromatic N) is 4. The molecule has 0 aliphatic heterocycles. The average Bonchev–Trinajstić information content (AvgIpc) is 3.05. The van der Waals surface area contributed by atoms with E-state index < -0.39 is 0 Å². The molecule has 2 heterocycles. The van der Waals surface area contributed by atoms with Crippen LogP contribution < -0.4 is 5.32 Å². The zero-order valence-corrected chi connectivity index (χ0v) is 17.6. The van der Waals surface area contributed by atoms with Crippen LogP contribution in [0.3, 0.4) is 0 Å². The summed E-state index contributed by atoms with van der Waals surface area (Å²) in [4.78, 5) is 21.1. The first-order chi connectivity index (χ1) is 13.8. The van der Waals surface area contributed by atoms with Gasteiger partial charge in [-0.3, -0.25) is 14.5 Å². The summed E-state index contributed by atoms with van der Waals surface area (Å²) in [5, 5.41) is 8.49. The van der Waals surface area contributed by atoms with Crippen molar-refractivity contribution in [2.45, 2.75) is 46.2 Å². The lowest BCUT2D eigenvalue weighted by Crippen LogP contribution is -2.37. The molecule has 3 aromatic rings. The van der Waals surface area contributed by atoms with Gasteiger partial charge in [-0.1, -0.05) is 43.6 Å². The Morgan fingerprint density at radius 1 is 1.24 bits per heavy atom. The summed E-state index contributed by atoms with van der Waals surface area (Å²) in [6, 6.07) is 7.69. The minimum atomic E-state index is -0.218. The molecule has 2 aromatic heterocycles. The number of benzene rings is 1. The van der Waals surface area contributed by atoms with E-state index in [1.807, 2.05) is 42.1 Å². The van der Waals surface area contributed by atoms with Crippen LogP contribution in [0.15, 0.2) is 42.9 Å². The Kier molecular flexibility index (Phi) is 5.13. The van der Waals surface area contributed by atoms with Crippen molar-refractivity contribution in [3.05, 3.63) is 76.1 Å². The van der Waals surface area contributed by atoms with E-state index in [9.17, 15) is 4.79 Å². The molecule has 7 heteroatoms. The van der Waals surface area contributed by atoms with Crippen molar-refractivity contribution in [1.82, 2.24) is 25.1 Å². The lowest BCUT2D eigenvalue weighted by Gasteiger charge is -2.36. The molecule has 6 nitrogen and oxygen atoms in total. The molecule has 1 aromatic carbocycles. The second-order valence-corrected chi connectivity index (χ2v) is 8.82. The fourth-order valence-electron chi connectivity index (χ4n) is 3.89. The highest BCUT2D eigenvalue weighted by atomic mass is 35.5. The molecule has 4 rings (SSSR count). The van der Waals surface area contributed by atoms with Crippen molar-refractivity contribution in [3.63, 3.8) is 0 Å². The Morgan fingerprint density at radius 2 is 2.03 bits per heavy atom. The number of aromatic nitrogens is 4. The van der Waals surface area contributed by atoms with E-state index in [0.717, 1.165) is 40.4 Å². The van der Waals surface area contributed by atoms with E-state index in [4.69, 9.17) is 11.6 Å². The number of halogens is 1. The average molecular weight is 410 g/mol. The third kappa shape index (κ3) is 4.17. The van der Waals surface area contributed by atoms with Gasteiger partial charge in [0.25, 0.3) is 5.91 Å². The van der Waals surface area contributed by atoms with Crippen LogP contribution in [0, 0.1) is 12.3 Å². The minimum Gasteiger partial charge on any atom is -0.344 e. The summed E-state index contributed by atoms with van der Waals surface area (Å²) in [5.41, 5.74) is 4.36. The molecular formula is C22H24ClN5O. The summed E-state index contributed by atoms with van der Waals surface area (Å²) in [5.74, 6) is -0.218. The smallest absolute Gasteiger partial charge is 0.271 e. The predicted octanol–water partition coefficient (Wildman–Crippen LogP) is 4.13. The first-order valence-electron chi connectivity index (χ1n) is 9.70. The van der Waals surface area contributed by atoms with Crippen molar-refractivity contribution in [2.75, 3.05) is 0 Å². The lowest BCUT2D eigenvalue weighted by molar-refractivity contribution is 0.0913. The fourth-order valence-corrected chi connectivity index (χ4v) is 4.09. The first-order valence-corrected chi connectivity index (χ1v) is 10.1. The van der Waals surface area contributed by atoms with Crippen LogP contribution in [0.25, 0.3) is 0 Å². The number of nitrogens with one attached hydrogen (secondary N) is 1. The van der Waals surface area contributed by atoms with E-state index in [0.29, 0.717) is 12.2 Å². The quantitative estimate of drug-likeness (QED) is 0.703. The van der Waals surface area contributed by atoms with Gasteiger partial charge in [0.15, 0.2) is 0 Å². The zero-order valence-electron chi connectivity index (χ0n) is 16.8. The number of hydrogen-bond acceptors (Lipinski definition) is 4. The maximum absolute atomic E-state index is 12.7. The molecule has 0 fully saturated rings. The molecule has 1 amide bonds. The summed E-state index contributed by atoms with van der Waals surface area (Å²) in [6.45, 7) is 6.88. The number of rotatable bonds is 4. The van der Waals surface area contributed by atoms with Gasteiger partial charge in [-0.2, -0.15) is 5.10 Å². The number of carbonyl (C=O) groups excluding carboxylic acids is 1. The highest BCUT2D eigenvalue weighted by Gasteiger charge is 2.36. The third-order valence-corrected chi connectivity index (χ3v) is 5.72. The van der Waals surface area contributed by atoms with Gasteiger partial charge in [0.1, 0.15) is 5.69 Å². The zero-order chi connectivity index (χ0) is 20.6. The SMILES string of the molecule is Cc1cnc(C(=O)N[C@H]2CC(C)(C)Cc3c2cnn3Cc2ccccc2Cl)cn1. The number of hydrogen-bond donors (Lipinski definition) is 1. The van der Waals surface area contributed by atoms with Crippen molar-refractivity contribution in [2.24, 2.45) is 5.41 Å². The monoisotopic (exact) mass is 409 g/mol. The predicted molar refractivity (Wildman–Crippen MR) is 112 cm³/mol. The molecule has 1 atom stereocenters. The standard InChI is InChI=1S/C22H24ClN5O/c1-14-10-25-19(12-24-14)21(29)27-18-8-22(2,3)9-20-16(18)11-26-28(20)13-15-6-4-5-7-17(15)23/h4-7,10-12,18H,8-9,13H2,1-3H3,(H,27,29)/t18-/m0/s1. The number of aryl methyl sites for hydroxylation is 1.